The number of aromatic nitrogens is 1. The number of pyridine rings is 1. The maximum Gasteiger partial charge on any atom is 0.258 e. The van der Waals surface area contributed by atoms with E-state index in [1.165, 1.54) is 0 Å². The molecular formula is C13H23N3O2S. The van der Waals surface area contributed by atoms with Crippen molar-refractivity contribution in [1.82, 2.24) is 15.0 Å². The lowest BCUT2D eigenvalue weighted by Gasteiger charge is -2.12. The Kier molecular flexibility index (Phi) is 6.41. The Bertz CT molecular complexity index is 471. The van der Waals surface area contributed by atoms with Crippen LogP contribution in [0, 0.1) is 0 Å². The minimum absolute atomic E-state index is 0.0711. The number of sulfonamides is 1. The van der Waals surface area contributed by atoms with Gasteiger partial charge >= 0.3 is 0 Å². The lowest BCUT2D eigenvalue weighted by molar-refractivity contribution is 0.541. The third kappa shape index (κ3) is 5.26. The zero-order valence-electron chi connectivity index (χ0n) is 11.8. The minimum atomic E-state index is -3.50. The van der Waals surface area contributed by atoms with Gasteiger partial charge in [0.25, 0.3) is 10.0 Å². The van der Waals surface area contributed by atoms with Gasteiger partial charge in [0.15, 0.2) is 5.03 Å². The maximum absolute atomic E-state index is 12.1. The van der Waals surface area contributed by atoms with E-state index in [1.807, 2.05) is 20.8 Å². The van der Waals surface area contributed by atoms with E-state index >= 15 is 0 Å². The van der Waals surface area contributed by atoms with Crippen LogP contribution in [0.25, 0.3) is 0 Å². The molecule has 0 aliphatic heterocycles. The zero-order valence-corrected chi connectivity index (χ0v) is 12.6. The molecule has 1 heterocycles. The summed E-state index contributed by atoms with van der Waals surface area (Å²) in [5.41, 5.74) is 0.974. The summed E-state index contributed by atoms with van der Waals surface area (Å²) in [5, 5.41) is 3.25. The van der Waals surface area contributed by atoms with E-state index in [0.29, 0.717) is 6.54 Å². The third-order valence-electron chi connectivity index (χ3n) is 2.73. The lowest BCUT2D eigenvalue weighted by atomic mass is 10.2. The topological polar surface area (TPSA) is 71.1 Å². The SMILES string of the molecule is CCCC(C)NS(=O)(=O)c1ccc(CNCC)cn1. The van der Waals surface area contributed by atoms with E-state index < -0.39 is 10.0 Å². The van der Waals surface area contributed by atoms with Crippen LogP contribution < -0.4 is 10.0 Å². The molecule has 0 fully saturated rings. The van der Waals surface area contributed by atoms with E-state index in [1.54, 1.807) is 18.3 Å². The second-order valence-corrected chi connectivity index (χ2v) is 6.26. The highest BCUT2D eigenvalue weighted by molar-refractivity contribution is 7.89. The highest BCUT2D eigenvalue weighted by atomic mass is 32.2. The van der Waals surface area contributed by atoms with Gasteiger partial charge in [-0.05, 0) is 31.5 Å². The first-order valence-corrected chi connectivity index (χ1v) is 8.16. The summed E-state index contributed by atoms with van der Waals surface area (Å²) in [6.07, 6.45) is 3.36. The van der Waals surface area contributed by atoms with E-state index in [9.17, 15) is 8.42 Å². The molecule has 0 saturated heterocycles. The molecule has 1 unspecified atom stereocenters. The van der Waals surface area contributed by atoms with E-state index in [4.69, 9.17) is 0 Å². The molecule has 0 saturated carbocycles. The van der Waals surface area contributed by atoms with Gasteiger partial charge in [0.2, 0.25) is 0 Å². The van der Waals surface area contributed by atoms with Crippen LogP contribution in [0.5, 0.6) is 0 Å². The summed E-state index contributed by atoms with van der Waals surface area (Å²) < 4.78 is 26.7. The number of rotatable bonds is 8. The van der Waals surface area contributed by atoms with Crippen molar-refractivity contribution in [2.24, 2.45) is 0 Å². The van der Waals surface area contributed by atoms with Crippen molar-refractivity contribution < 1.29 is 8.42 Å². The van der Waals surface area contributed by atoms with E-state index in [0.717, 1.165) is 24.9 Å². The van der Waals surface area contributed by atoms with Crippen molar-refractivity contribution in [2.45, 2.75) is 51.2 Å². The van der Waals surface area contributed by atoms with E-state index in [-0.39, 0.29) is 11.1 Å². The van der Waals surface area contributed by atoms with Crippen molar-refractivity contribution in [2.75, 3.05) is 6.54 Å². The van der Waals surface area contributed by atoms with Crippen molar-refractivity contribution in [3.63, 3.8) is 0 Å². The maximum atomic E-state index is 12.1. The second-order valence-electron chi connectivity index (χ2n) is 4.60. The third-order valence-corrected chi connectivity index (χ3v) is 4.23. The van der Waals surface area contributed by atoms with Gasteiger partial charge in [-0.25, -0.2) is 18.1 Å². The lowest BCUT2D eigenvalue weighted by Crippen LogP contribution is -2.33. The standard InChI is InChI=1S/C13H23N3O2S/c1-4-6-11(3)16-19(17,18)13-8-7-12(10-15-13)9-14-5-2/h7-8,10-11,14,16H,4-6,9H2,1-3H3. The molecule has 0 radical (unpaired) electrons. The molecule has 19 heavy (non-hydrogen) atoms. The molecule has 1 atom stereocenters. The molecule has 1 aromatic rings. The number of nitrogens with zero attached hydrogens (tertiary/aromatic N) is 1. The molecule has 6 heteroatoms. The molecule has 0 bridgehead atoms. The fraction of sp³-hybridized carbons (Fsp3) is 0.615. The van der Waals surface area contributed by atoms with Crippen LogP contribution >= 0.6 is 0 Å². The Hall–Kier alpha value is -0.980. The van der Waals surface area contributed by atoms with Crippen molar-refractivity contribution in [1.29, 1.82) is 0 Å². The van der Waals surface area contributed by atoms with Crippen molar-refractivity contribution in [3.05, 3.63) is 23.9 Å². The Morgan fingerprint density at radius 2 is 2.05 bits per heavy atom. The highest BCUT2D eigenvalue weighted by Gasteiger charge is 2.18. The van der Waals surface area contributed by atoms with Crippen LogP contribution in [0.2, 0.25) is 0 Å². The summed E-state index contributed by atoms with van der Waals surface area (Å²) in [6, 6.07) is 3.26. The van der Waals surface area contributed by atoms with Gasteiger partial charge in [0.05, 0.1) is 0 Å². The summed E-state index contributed by atoms with van der Waals surface area (Å²) in [5.74, 6) is 0. The summed E-state index contributed by atoms with van der Waals surface area (Å²) in [7, 11) is -3.50. The summed E-state index contributed by atoms with van der Waals surface area (Å²) in [4.78, 5) is 4.03. The fourth-order valence-electron chi connectivity index (χ4n) is 1.76. The number of nitrogens with one attached hydrogen (secondary N) is 2. The van der Waals surface area contributed by atoms with Gasteiger partial charge in [-0.15, -0.1) is 0 Å². The molecule has 0 aliphatic rings. The van der Waals surface area contributed by atoms with Gasteiger partial charge in [0, 0.05) is 18.8 Å². The zero-order chi connectivity index (χ0) is 14.3. The average molecular weight is 285 g/mol. The van der Waals surface area contributed by atoms with Crippen LogP contribution in [0.4, 0.5) is 0 Å². The molecule has 5 nitrogen and oxygen atoms in total. The molecule has 2 N–H and O–H groups in total. The summed E-state index contributed by atoms with van der Waals surface area (Å²) >= 11 is 0. The van der Waals surface area contributed by atoms with Crippen LogP contribution in [-0.4, -0.2) is 26.0 Å². The van der Waals surface area contributed by atoms with Crippen LogP contribution in [0.15, 0.2) is 23.4 Å². The number of hydrogen-bond donors (Lipinski definition) is 2. The average Bonchev–Trinajstić information content (AvgIpc) is 2.36. The van der Waals surface area contributed by atoms with Gasteiger partial charge in [-0.2, -0.15) is 0 Å². The molecule has 0 amide bonds. The van der Waals surface area contributed by atoms with E-state index in [2.05, 4.69) is 15.0 Å². The molecule has 0 aliphatic carbocycles. The van der Waals surface area contributed by atoms with Gasteiger partial charge in [0.1, 0.15) is 0 Å². The molecule has 0 aromatic carbocycles. The largest absolute Gasteiger partial charge is 0.313 e. The van der Waals surface area contributed by atoms with Crippen LogP contribution in [0.3, 0.4) is 0 Å². The first kappa shape index (κ1) is 16.1. The van der Waals surface area contributed by atoms with Gasteiger partial charge in [-0.1, -0.05) is 26.3 Å². The highest BCUT2D eigenvalue weighted by Crippen LogP contribution is 2.08. The van der Waals surface area contributed by atoms with Crippen LogP contribution in [0.1, 0.15) is 39.2 Å². The smallest absolute Gasteiger partial charge is 0.258 e. The first-order chi connectivity index (χ1) is 8.99. The van der Waals surface area contributed by atoms with Crippen LogP contribution in [-0.2, 0) is 16.6 Å². The Labute approximate surface area is 115 Å². The molecular weight excluding hydrogens is 262 g/mol. The molecule has 108 valence electrons. The fourth-order valence-corrected chi connectivity index (χ4v) is 2.97. The van der Waals surface area contributed by atoms with Gasteiger partial charge < -0.3 is 5.32 Å². The normalized spacial score (nSPS) is 13.4. The summed E-state index contributed by atoms with van der Waals surface area (Å²) in [6.45, 7) is 7.48. The Balaban J connectivity index is 2.73. The minimum Gasteiger partial charge on any atom is -0.313 e. The Morgan fingerprint density at radius 3 is 2.58 bits per heavy atom. The first-order valence-electron chi connectivity index (χ1n) is 6.67. The molecule has 1 rings (SSSR count). The molecule has 0 spiro atoms. The number of hydrogen-bond acceptors (Lipinski definition) is 4. The second kappa shape index (κ2) is 7.57. The van der Waals surface area contributed by atoms with Crippen molar-refractivity contribution >= 4 is 10.0 Å². The van der Waals surface area contributed by atoms with Gasteiger partial charge in [-0.3, -0.25) is 0 Å². The molecule has 1 aromatic heterocycles. The predicted molar refractivity (Wildman–Crippen MR) is 76.3 cm³/mol. The predicted octanol–water partition coefficient (Wildman–Crippen LogP) is 1.66. The monoisotopic (exact) mass is 285 g/mol. The van der Waals surface area contributed by atoms with Crippen molar-refractivity contribution in [3.8, 4) is 0 Å². The Morgan fingerprint density at radius 1 is 1.32 bits per heavy atom. The quantitative estimate of drug-likeness (QED) is 0.762.